The van der Waals surface area contributed by atoms with Gasteiger partial charge in [-0.05, 0) is 48.5 Å². The third kappa shape index (κ3) is 5.80. The van der Waals surface area contributed by atoms with Crippen molar-refractivity contribution in [1.29, 1.82) is 0 Å². The van der Waals surface area contributed by atoms with Gasteiger partial charge in [-0.15, -0.1) is 0 Å². The van der Waals surface area contributed by atoms with E-state index in [9.17, 15) is 9.59 Å². The van der Waals surface area contributed by atoms with Crippen LogP contribution in [0, 0.1) is 0 Å². The zero-order valence-corrected chi connectivity index (χ0v) is 16.3. The molecule has 2 N–H and O–H groups in total. The molecular formula is C22H22N4O3. The second kappa shape index (κ2) is 9.36. The van der Waals surface area contributed by atoms with Crippen molar-refractivity contribution in [2.24, 2.45) is 0 Å². The van der Waals surface area contributed by atoms with E-state index in [1.165, 1.54) is 4.90 Å². The predicted molar refractivity (Wildman–Crippen MR) is 111 cm³/mol. The van der Waals surface area contributed by atoms with Gasteiger partial charge in [0.1, 0.15) is 11.5 Å². The molecule has 7 nitrogen and oxygen atoms in total. The van der Waals surface area contributed by atoms with Gasteiger partial charge >= 0.3 is 6.03 Å². The number of benzene rings is 2. The minimum absolute atomic E-state index is 0.223. The summed E-state index contributed by atoms with van der Waals surface area (Å²) in [5.74, 6) is 1.16. The Balaban J connectivity index is 1.60. The first-order valence-corrected chi connectivity index (χ1v) is 9.05. The molecule has 0 saturated carbocycles. The van der Waals surface area contributed by atoms with Crippen molar-refractivity contribution in [3.8, 4) is 11.5 Å². The molecule has 0 spiro atoms. The first-order chi connectivity index (χ1) is 14.0. The van der Waals surface area contributed by atoms with Crippen LogP contribution in [0.15, 0.2) is 72.9 Å². The van der Waals surface area contributed by atoms with E-state index in [4.69, 9.17) is 4.74 Å². The summed E-state index contributed by atoms with van der Waals surface area (Å²) in [5, 5.41) is 5.56. The fraction of sp³-hybridized carbons (Fsp3) is 0.136. The van der Waals surface area contributed by atoms with Crippen molar-refractivity contribution in [3.05, 3.63) is 84.2 Å². The lowest BCUT2D eigenvalue weighted by molar-refractivity contribution is 0.102. The van der Waals surface area contributed by atoms with Gasteiger partial charge in [0.15, 0.2) is 0 Å². The summed E-state index contributed by atoms with van der Waals surface area (Å²) < 4.78 is 5.74. The molecule has 0 bridgehead atoms. The van der Waals surface area contributed by atoms with Crippen molar-refractivity contribution in [1.82, 2.24) is 15.2 Å². The topological polar surface area (TPSA) is 83.6 Å². The number of nitrogens with zero attached hydrogens (tertiary/aromatic N) is 2. The van der Waals surface area contributed by atoms with Crippen LogP contribution in [0.2, 0.25) is 0 Å². The summed E-state index contributed by atoms with van der Waals surface area (Å²) in [6, 6.07) is 19.6. The van der Waals surface area contributed by atoms with E-state index in [2.05, 4.69) is 15.6 Å². The molecule has 1 heterocycles. The lowest BCUT2D eigenvalue weighted by atomic mass is 10.2. The van der Waals surface area contributed by atoms with E-state index in [1.807, 2.05) is 30.3 Å². The van der Waals surface area contributed by atoms with Gasteiger partial charge in [-0.3, -0.25) is 9.78 Å². The molecule has 29 heavy (non-hydrogen) atoms. The monoisotopic (exact) mass is 390 g/mol. The minimum Gasteiger partial charge on any atom is -0.457 e. The highest BCUT2D eigenvalue weighted by Gasteiger charge is 2.09. The highest BCUT2D eigenvalue weighted by molar-refractivity contribution is 6.04. The zero-order chi connectivity index (χ0) is 20.6. The third-order valence-corrected chi connectivity index (χ3v) is 4.00. The lowest BCUT2D eigenvalue weighted by Crippen LogP contribution is -2.34. The Morgan fingerprint density at radius 3 is 2.34 bits per heavy atom. The van der Waals surface area contributed by atoms with Crippen molar-refractivity contribution in [2.75, 3.05) is 19.4 Å². The van der Waals surface area contributed by atoms with Crippen molar-refractivity contribution in [3.63, 3.8) is 0 Å². The summed E-state index contributed by atoms with van der Waals surface area (Å²) in [6.45, 7) is 0.240. The number of carbonyl (C=O) groups excluding carboxylic acids is 2. The third-order valence-electron chi connectivity index (χ3n) is 4.00. The highest BCUT2D eigenvalue weighted by atomic mass is 16.5. The fourth-order valence-electron chi connectivity index (χ4n) is 2.47. The summed E-state index contributed by atoms with van der Waals surface area (Å²) in [4.78, 5) is 29.8. The molecule has 0 unspecified atom stereocenters. The molecule has 0 radical (unpaired) electrons. The average molecular weight is 390 g/mol. The van der Waals surface area contributed by atoms with Crippen LogP contribution in [0.3, 0.4) is 0 Å². The van der Waals surface area contributed by atoms with E-state index in [0.29, 0.717) is 22.7 Å². The molecule has 0 fully saturated rings. The van der Waals surface area contributed by atoms with Crippen LogP contribution in [0.5, 0.6) is 11.5 Å². The van der Waals surface area contributed by atoms with E-state index in [1.54, 1.807) is 56.7 Å². The second-order valence-electron chi connectivity index (χ2n) is 6.48. The molecular weight excluding hydrogens is 368 g/mol. The zero-order valence-electron chi connectivity index (χ0n) is 16.3. The minimum atomic E-state index is -0.260. The van der Waals surface area contributed by atoms with Crippen LogP contribution in [0.4, 0.5) is 10.5 Å². The molecule has 1 aromatic heterocycles. The van der Waals surface area contributed by atoms with Gasteiger partial charge in [-0.1, -0.05) is 18.2 Å². The number of para-hydroxylation sites is 1. The van der Waals surface area contributed by atoms with Crippen molar-refractivity contribution < 1.29 is 14.3 Å². The number of ether oxygens (including phenoxy) is 1. The van der Waals surface area contributed by atoms with Crippen LogP contribution in [0.25, 0.3) is 0 Å². The first kappa shape index (κ1) is 19.9. The number of carbonyl (C=O) groups is 2. The molecule has 3 amide bonds. The van der Waals surface area contributed by atoms with Crippen LogP contribution in [-0.2, 0) is 6.54 Å². The number of hydrogen-bond acceptors (Lipinski definition) is 4. The number of urea groups is 1. The summed E-state index contributed by atoms with van der Waals surface area (Å²) in [6.07, 6.45) is 1.54. The number of aromatic nitrogens is 1. The Hall–Kier alpha value is -3.87. The van der Waals surface area contributed by atoms with E-state index < -0.39 is 0 Å². The van der Waals surface area contributed by atoms with Gasteiger partial charge in [-0.25, -0.2) is 4.79 Å². The molecule has 0 aliphatic carbocycles. The van der Waals surface area contributed by atoms with Crippen molar-refractivity contribution in [2.45, 2.75) is 6.54 Å². The predicted octanol–water partition coefficient (Wildman–Crippen LogP) is 3.90. The number of pyridine rings is 1. The molecule has 0 saturated heterocycles. The Kier molecular flexibility index (Phi) is 6.42. The molecule has 0 aliphatic heterocycles. The molecule has 148 valence electrons. The number of rotatable bonds is 6. The van der Waals surface area contributed by atoms with Gasteiger partial charge < -0.3 is 20.3 Å². The normalized spacial score (nSPS) is 10.1. The smallest absolute Gasteiger partial charge is 0.317 e. The molecule has 7 heteroatoms. The van der Waals surface area contributed by atoms with Crippen LogP contribution in [0.1, 0.15) is 16.1 Å². The molecule has 3 aromatic rings. The van der Waals surface area contributed by atoms with Gasteiger partial charge in [0, 0.05) is 31.5 Å². The SMILES string of the molecule is CN(C)C(=O)NCc1cc(C(=O)Nc2ccc(Oc3ccccc3)cc2)ccn1. The Morgan fingerprint density at radius 1 is 0.966 bits per heavy atom. The second-order valence-corrected chi connectivity index (χ2v) is 6.48. The summed E-state index contributed by atoms with van der Waals surface area (Å²) in [7, 11) is 3.31. The standard InChI is InChI=1S/C22H22N4O3/c1-26(2)22(28)24-15-18-14-16(12-13-23-18)21(27)25-17-8-10-20(11-9-17)29-19-6-4-3-5-7-19/h3-14H,15H2,1-2H3,(H,24,28)(H,25,27). The highest BCUT2D eigenvalue weighted by Crippen LogP contribution is 2.22. The van der Waals surface area contributed by atoms with Crippen LogP contribution in [-0.4, -0.2) is 35.9 Å². The Morgan fingerprint density at radius 2 is 1.66 bits per heavy atom. The van der Waals surface area contributed by atoms with Gasteiger partial charge in [0.2, 0.25) is 0 Å². The fourth-order valence-corrected chi connectivity index (χ4v) is 2.47. The lowest BCUT2D eigenvalue weighted by Gasteiger charge is -2.12. The van der Waals surface area contributed by atoms with Gasteiger partial charge in [-0.2, -0.15) is 0 Å². The van der Waals surface area contributed by atoms with E-state index in [0.717, 1.165) is 5.75 Å². The summed E-state index contributed by atoms with van der Waals surface area (Å²) in [5.41, 5.74) is 1.70. The largest absolute Gasteiger partial charge is 0.457 e. The van der Waals surface area contributed by atoms with E-state index >= 15 is 0 Å². The van der Waals surface area contributed by atoms with Crippen molar-refractivity contribution >= 4 is 17.6 Å². The number of nitrogens with one attached hydrogen (secondary N) is 2. The number of anilines is 1. The maximum atomic E-state index is 12.5. The van der Waals surface area contributed by atoms with E-state index in [-0.39, 0.29) is 18.5 Å². The van der Waals surface area contributed by atoms with Gasteiger partial charge in [0.25, 0.3) is 5.91 Å². The summed E-state index contributed by atoms with van der Waals surface area (Å²) >= 11 is 0. The quantitative estimate of drug-likeness (QED) is 0.669. The number of hydrogen-bond donors (Lipinski definition) is 2. The maximum absolute atomic E-state index is 12.5. The average Bonchev–Trinajstić information content (AvgIpc) is 2.74. The van der Waals surface area contributed by atoms with Gasteiger partial charge in [0.05, 0.1) is 12.2 Å². The first-order valence-electron chi connectivity index (χ1n) is 9.05. The number of amides is 3. The molecule has 0 aliphatic rings. The Bertz CT molecular complexity index is 973. The molecule has 3 rings (SSSR count). The molecule has 0 atom stereocenters. The molecule has 2 aromatic carbocycles. The maximum Gasteiger partial charge on any atom is 0.317 e. The van der Waals surface area contributed by atoms with Crippen LogP contribution < -0.4 is 15.4 Å². The van der Waals surface area contributed by atoms with Crippen LogP contribution >= 0.6 is 0 Å². The Labute approximate surface area is 169 Å².